The third kappa shape index (κ3) is 12.4. The van der Waals surface area contributed by atoms with Gasteiger partial charge in [-0.05, 0) is 59.7 Å². The molecule has 5 heterocycles. The van der Waals surface area contributed by atoms with Crippen molar-refractivity contribution in [2.24, 2.45) is 0 Å². The van der Waals surface area contributed by atoms with Crippen molar-refractivity contribution in [3.63, 3.8) is 0 Å². The number of carboxylic acids is 2. The zero-order valence-corrected chi connectivity index (χ0v) is 34.5. The van der Waals surface area contributed by atoms with E-state index < -0.39 is 29.9 Å². The first-order chi connectivity index (χ1) is 31.8. The zero-order valence-electron chi connectivity index (χ0n) is 34.5. The highest BCUT2D eigenvalue weighted by Crippen LogP contribution is 2.25. The molecule has 4 aromatic carbocycles. The van der Waals surface area contributed by atoms with Gasteiger partial charge in [0.25, 0.3) is 5.91 Å². The van der Waals surface area contributed by atoms with E-state index in [1.54, 1.807) is 48.5 Å². The van der Waals surface area contributed by atoms with Gasteiger partial charge in [0.1, 0.15) is 23.0 Å². The number of aldehydes is 1. The molecule has 9 rings (SSSR count). The summed E-state index contributed by atoms with van der Waals surface area (Å²) < 4.78 is 10.9. The number of furan rings is 2. The second-order valence-corrected chi connectivity index (χ2v) is 14.0. The summed E-state index contributed by atoms with van der Waals surface area (Å²) in [4.78, 5) is 102. The van der Waals surface area contributed by atoms with Gasteiger partial charge in [-0.3, -0.25) is 34.3 Å². The maximum atomic E-state index is 12.6. The maximum absolute atomic E-state index is 12.6. The Morgan fingerprint density at radius 1 is 0.561 bits per heavy atom. The van der Waals surface area contributed by atoms with Crippen molar-refractivity contribution in [2.45, 2.75) is 13.1 Å². The summed E-state index contributed by atoms with van der Waals surface area (Å²) in [6, 6.07) is 36.6. The molecule has 0 bridgehead atoms. The molecule has 0 atom stereocenters. The van der Waals surface area contributed by atoms with Crippen molar-refractivity contribution in [3.8, 4) is 22.6 Å². The number of carbonyl (C=O) groups excluding carboxylic acids is 7. The lowest BCUT2D eigenvalue weighted by Crippen LogP contribution is -2.30. The molecule has 0 aliphatic carbocycles. The molecule has 3 aliphatic heterocycles. The van der Waals surface area contributed by atoms with Crippen LogP contribution in [0.4, 0.5) is 14.4 Å². The predicted octanol–water partition coefficient (Wildman–Crippen LogP) is 5.76. The number of nitrogens with zero attached hydrogens (tertiary/aromatic N) is 2. The third-order valence-corrected chi connectivity index (χ3v) is 9.42. The Labute approximate surface area is 374 Å². The highest BCUT2D eigenvalue weighted by molar-refractivity contribution is 6.13. The fraction of sp³-hybridized carbons (Fsp3) is 0.0851. The number of carboxylic acid groups (broad SMARTS) is 2. The van der Waals surface area contributed by atoms with Gasteiger partial charge < -0.3 is 35.0 Å². The number of rotatable bonds is 10. The molecule has 2 aromatic heterocycles. The van der Waals surface area contributed by atoms with Gasteiger partial charge in [0, 0.05) is 17.2 Å². The number of imide groups is 3. The quantitative estimate of drug-likeness (QED) is 0.0543. The number of nitrogens with one attached hydrogen (secondary N) is 4. The van der Waals surface area contributed by atoms with Crippen LogP contribution in [-0.4, -0.2) is 87.1 Å². The smallest absolute Gasteiger partial charge is 0.335 e. The fourth-order valence-electron chi connectivity index (χ4n) is 6.09. The third-order valence-electron chi connectivity index (χ3n) is 9.42. The van der Waals surface area contributed by atoms with Gasteiger partial charge in [-0.2, -0.15) is 0 Å². The summed E-state index contributed by atoms with van der Waals surface area (Å²) in [5, 5.41) is 27.0. The van der Waals surface area contributed by atoms with E-state index in [1.807, 2.05) is 66.0 Å². The molecule has 6 aromatic rings. The second-order valence-electron chi connectivity index (χ2n) is 14.0. The Balaban J connectivity index is 0.000000163. The van der Waals surface area contributed by atoms with Gasteiger partial charge in [-0.1, -0.05) is 84.9 Å². The molecule has 0 spiro atoms. The summed E-state index contributed by atoms with van der Waals surface area (Å²) in [7, 11) is 0. The average molecular weight is 895 g/mol. The van der Waals surface area contributed by atoms with Crippen LogP contribution >= 0.6 is 0 Å². The molecular weight excluding hydrogens is 857 g/mol. The minimum absolute atomic E-state index is 0.117. The standard InChI is InChI=1S/C22H16N2O5.C12H8O4.C10H10N2O2.C3H4N2O2/c25-20-18(23-22(28)24(20)13-14-4-2-1-3-5-14)12-17-10-11-19(29-17)15-6-8-16(9-7-15)21(26)27;13-7-10-5-6-11(16-10)8-1-3-9(4-2-8)12(14)15;13-9-6-11-10(14)12(9)7-8-4-2-1-3-5-8;6-2-1-4-3(7)5-2/h1-12H,13H2,(H,23,28)(H,26,27);1-7H,(H,14,15);1-5H,6-7H2,(H,11,14);1H2,(H2,4,5,6,7)/b18-12-;;;. The van der Waals surface area contributed by atoms with E-state index in [1.165, 1.54) is 35.2 Å². The van der Waals surface area contributed by atoms with Gasteiger partial charge in [-0.15, -0.1) is 0 Å². The van der Waals surface area contributed by atoms with E-state index in [9.17, 15) is 43.2 Å². The molecule has 0 saturated carbocycles. The number of amides is 9. The van der Waals surface area contributed by atoms with Crippen molar-refractivity contribution in [3.05, 3.63) is 173 Å². The largest absolute Gasteiger partial charge is 0.478 e. The molecule has 19 nitrogen and oxygen atoms in total. The fourth-order valence-corrected chi connectivity index (χ4v) is 6.09. The lowest BCUT2D eigenvalue weighted by Gasteiger charge is -2.11. The molecule has 19 heteroatoms. The van der Waals surface area contributed by atoms with Crippen molar-refractivity contribution >= 4 is 60.1 Å². The van der Waals surface area contributed by atoms with Gasteiger partial charge in [0.05, 0.1) is 37.3 Å². The van der Waals surface area contributed by atoms with Crippen LogP contribution in [0.15, 0.2) is 148 Å². The van der Waals surface area contributed by atoms with Crippen LogP contribution in [-0.2, 0) is 27.5 Å². The molecule has 3 aliphatic rings. The molecule has 9 amide bonds. The Morgan fingerprint density at radius 3 is 1.47 bits per heavy atom. The van der Waals surface area contributed by atoms with Crippen LogP contribution in [0.1, 0.15) is 48.2 Å². The summed E-state index contributed by atoms with van der Waals surface area (Å²) >= 11 is 0. The second kappa shape index (κ2) is 21.6. The minimum atomic E-state index is -1.00. The van der Waals surface area contributed by atoms with E-state index in [2.05, 4.69) is 16.0 Å². The van der Waals surface area contributed by atoms with Crippen LogP contribution in [0.2, 0.25) is 0 Å². The van der Waals surface area contributed by atoms with Gasteiger partial charge in [0.2, 0.25) is 11.8 Å². The summed E-state index contributed by atoms with van der Waals surface area (Å²) in [5.41, 5.74) is 3.77. The first kappa shape index (κ1) is 46.1. The van der Waals surface area contributed by atoms with Gasteiger partial charge in [0.15, 0.2) is 12.0 Å². The molecule has 334 valence electrons. The SMILES string of the molecule is O=C(O)c1ccc(-c2ccc(/C=C3\NC(=O)N(Cc4ccccc4)C3=O)o2)cc1.O=C1CNC(=O)N1.O=C1CNC(=O)N1Cc1ccccc1.O=Cc1ccc(-c2ccc(C(=O)O)cc2)o1. The lowest BCUT2D eigenvalue weighted by molar-refractivity contribution is -0.125. The van der Waals surface area contributed by atoms with Crippen LogP contribution in [0, 0.1) is 0 Å². The Bertz CT molecular complexity index is 2770. The normalized spacial score (nSPS) is 14.4. The van der Waals surface area contributed by atoms with Crippen molar-refractivity contribution in [2.75, 3.05) is 13.1 Å². The molecule has 66 heavy (non-hydrogen) atoms. The highest BCUT2D eigenvalue weighted by atomic mass is 16.4. The highest BCUT2D eigenvalue weighted by Gasteiger charge is 2.34. The Morgan fingerprint density at radius 2 is 1.06 bits per heavy atom. The predicted molar refractivity (Wildman–Crippen MR) is 233 cm³/mol. The molecular formula is C47H38N6O13. The van der Waals surface area contributed by atoms with Crippen molar-refractivity contribution in [1.29, 1.82) is 0 Å². The number of urea groups is 3. The Kier molecular flexibility index (Phi) is 15.1. The lowest BCUT2D eigenvalue weighted by atomic mass is 10.1. The van der Waals surface area contributed by atoms with Crippen molar-refractivity contribution < 1.29 is 62.2 Å². The van der Waals surface area contributed by atoms with Crippen LogP contribution in [0.5, 0.6) is 0 Å². The summed E-state index contributed by atoms with van der Waals surface area (Å²) in [6.07, 6.45) is 2.09. The topological polar surface area (TPSA) is 275 Å². The van der Waals surface area contributed by atoms with Crippen LogP contribution in [0.25, 0.3) is 28.7 Å². The van der Waals surface area contributed by atoms with E-state index in [4.69, 9.17) is 19.0 Å². The number of hydrogen-bond acceptors (Lipinski definition) is 11. The Hall–Kier alpha value is -9.39. The molecule has 0 unspecified atom stereocenters. The number of benzene rings is 4. The minimum Gasteiger partial charge on any atom is -0.478 e. The monoisotopic (exact) mass is 894 g/mol. The van der Waals surface area contributed by atoms with E-state index >= 15 is 0 Å². The maximum Gasteiger partial charge on any atom is 0.335 e. The van der Waals surface area contributed by atoms with Crippen molar-refractivity contribution in [1.82, 2.24) is 31.1 Å². The van der Waals surface area contributed by atoms with Gasteiger partial charge >= 0.3 is 30.0 Å². The average Bonchev–Trinajstić information content (AvgIpc) is 4.18. The number of aromatic carboxylic acids is 2. The summed E-state index contributed by atoms with van der Waals surface area (Å²) in [5.74, 6) is -1.13. The molecule has 0 radical (unpaired) electrons. The van der Waals surface area contributed by atoms with Gasteiger partial charge in [-0.25, -0.2) is 24.0 Å². The van der Waals surface area contributed by atoms with E-state index in [0.717, 1.165) is 21.6 Å². The van der Waals surface area contributed by atoms with Crippen LogP contribution in [0.3, 0.4) is 0 Å². The van der Waals surface area contributed by atoms with E-state index in [-0.39, 0.29) is 60.1 Å². The number of hydrogen-bond donors (Lipinski definition) is 6. The van der Waals surface area contributed by atoms with Crippen LogP contribution < -0.4 is 21.3 Å². The first-order valence-electron chi connectivity index (χ1n) is 19.7. The molecule has 3 saturated heterocycles. The number of carbonyl (C=O) groups is 9. The molecule has 3 fully saturated rings. The van der Waals surface area contributed by atoms with E-state index in [0.29, 0.717) is 35.7 Å². The zero-order chi connectivity index (χ0) is 47.2. The first-order valence-corrected chi connectivity index (χ1v) is 19.7. The molecule has 6 N–H and O–H groups in total. The summed E-state index contributed by atoms with van der Waals surface area (Å²) in [6.45, 7) is 0.776.